The van der Waals surface area contributed by atoms with Crippen molar-refractivity contribution in [2.45, 2.75) is 31.9 Å². The number of hydrogen-bond donors (Lipinski definition) is 1. The molecule has 0 aliphatic carbocycles. The summed E-state index contributed by atoms with van der Waals surface area (Å²) in [6.45, 7) is 3.50. The van der Waals surface area contributed by atoms with E-state index in [1.165, 1.54) is 0 Å². The van der Waals surface area contributed by atoms with Crippen molar-refractivity contribution < 1.29 is 17.9 Å². The summed E-state index contributed by atoms with van der Waals surface area (Å²) in [5.74, 6) is -0.463. The molecule has 0 rings (SSSR count). The third kappa shape index (κ3) is 5.09. The first-order chi connectivity index (χ1) is 7.47. The lowest BCUT2D eigenvalue weighted by atomic mass is 10.4. The highest BCUT2D eigenvalue weighted by molar-refractivity contribution is 7.90. The molecule has 0 fully saturated rings. The summed E-state index contributed by atoms with van der Waals surface area (Å²) in [4.78, 5) is 10.9. The predicted molar refractivity (Wildman–Crippen MR) is 57.9 cm³/mol. The van der Waals surface area contributed by atoms with E-state index in [1.54, 1.807) is 19.9 Å². The molecule has 0 spiro atoms. The van der Waals surface area contributed by atoms with Crippen LogP contribution in [-0.4, -0.2) is 32.8 Å². The molecule has 7 heteroatoms. The maximum absolute atomic E-state index is 11.4. The van der Waals surface area contributed by atoms with E-state index in [0.717, 1.165) is 0 Å². The summed E-state index contributed by atoms with van der Waals surface area (Å²) in [7, 11) is -3.65. The zero-order chi connectivity index (χ0) is 12.6. The zero-order valence-corrected chi connectivity index (χ0v) is 10.2. The lowest BCUT2D eigenvalue weighted by molar-refractivity contribution is -0.142. The van der Waals surface area contributed by atoms with Crippen molar-refractivity contribution in [3.63, 3.8) is 0 Å². The molecule has 0 aromatic heterocycles. The number of hydrogen-bond acceptors (Lipinski definition) is 5. The molecule has 0 radical (unpaired) electrons. The molecular formula is C9H16N2O4S. The van der Waals surface area contributed by atoms with Gasteiger partial charge in [-0.05, 0) is 13.3 Å². The van der Waals surface area contributed by atoms with Crippen LogP contribution in [0, 0.1) is 11.3 Å². The van der Waals surface area contributed by atoms with Gasteiger partial charge in [0.15, 0.2) is 5.25 Å². The van der Waals surface area contributed by atoms with Gasteiger partial charge in [-0.1, -0.05) is 6.92 Å². The Kier molecular flexibility index (Phi) is 6.69. The number of esters is 1. The lowest BCUT2D eigenvalue weighted by Crippen LogP contribution is -2.34. The third-order valence-electron chi connectivity index (χ3n) is 1.83. The van der Waals surface area contributed by atoms with Crippen LogP contribution in [0.1, 0.15) is 26.7 Å². The minimum Gasteiger partial charge on any atom is -0.466 e. The van der Waals surface area contributed by atoms with Gasteiger partial charge < -0.3 is 4.74 Å². The van der Waals surface area contributed by atoms with Crippen molar-refractivity contribution in [3.05, 3.63) is 0 Å². The van der Waals surface area contributed by atoms with Crippen molar-refractivity contribution in [1.82, 2.24) is 4.72 Å². The normalized spacial score (nSPS) is 12.8. The van der Waals surface area contributed by atoms with Gasteiger partial charge in [0.1, 0.15) is 0 Å². The number of nitrogens with one attached hydrogen (secondary N) is 1. The molecule has 0 bridgehead atoms. The maximum atomic E-state index is 11.4. The molecule has 92 valence electrons. The summed E-state index contributed by atoms with van der Waals surface area (Å²) in [5.41, 5.74) is 0. The van der Waals surface area contributed by atoms with Crippen LogP contribution in [0.4, 0.5) is 0 Å². The Morgan fingerprint density at radius 3 is 2.56 bits per heavy atom. The third-order valence-corrected chi connectivity index (χ3v) is 3.62. The molecule has 0 amide bonds. The van der Waals surface area contributed by atoms with E-state index in [4.69, 9.17) is 5.26 Å². The highest BCUT2D eigenvalue weighted by Crippen LogP contribution is 2.02. The van der Waals surface area contributed by atoms with Crippen LogP contribution in [0.15, 0.2) is 0 Å². The van der Waals surface area contributed by atoms with Crippen molar-refractivity contribution >= 4 is 16.0 Å². The quantitative estimate of drug-likeness (QED) is 0.647. The molecule has 0 aromatic carbocycles. The summed E-state index contributed by atoms with van der Waals surface area (Å²) in [6, 6.07) is 1.69. The first kappa shape index (κ1) is 14.9. The Labute approximate surface area is 95.6 Å². The number of rotatable bonds is 7. The number of nitriles is 1. The number of carbonyl (C=O) groups excluding carboxylic acids is 1. The van der Waals surface area contributed by atoms with Gasteiger partial charge in [-0.25, -0.2) is 13.1 Å². The molecule has 1 atom stereocenters. The fraction of sp³-hybridized carbons (Fsp3) is 0.778. The van der Waals surface area contributed by atoms with Crippen LogP contribution in [0.2, 0.25) is 0 Å². The topological polar surface area (TPSA) is 96.3 Å². The lowest BCUT2D eigenvalue weighted by Gasteiger charge is -2.09. The molecule has 0 aromatic rings. The molecule has 0 heterocycles. The van der Waals surface area contributed by atoms with Gasteiger partial charge in [-0.2, -0.15) is 5.26 Å². The van der Waals surface area contributed by atoms with Crippen molar-refractivity contribution in [1.29, 1.82) is 5.26 Å². The molecule has 0 aliphatic rings. The Morgan fingerprint density at radius 2 is 2.12 bits per heavy atom. The predicted octanol–water partition coefficient (Wildman–Crippen LogP) is 0.161. The van der Waals surface area contributed by atoms with Crippen molar-refractivity contribution in [2.24, 2.45) is 0 Å². The van der Waals surface area contributed by atoms with Crippen molar-refractivity contribution in [2.75, 3.05) is 13.2 Å². The van der Waals surface area contributed by atoms with Gasteiger partial charge in [-0.3, -0.25) is 4.79 Å². The van der Waals surface area contributed by atoms with Gasteiger partial charge in [0.05, 0.1) is 19.1 Å². The summed E-state index contributed by atoms with van der Waals surface area (Å²) < 4.78 is 29.7. The van der Waals surface area contributed by atoms with E-state index in [-0.39, 0.29) is 26.0 Å². The SMILES string of the molecule is CCOC(=O)CCNS(=O)(=O)C(C#N)CC. The molecule has 1 N–H and O–H groups in total. The van der Waals surface area contributed by atoms with E-state index in [0.29, 0.717) is 0 Å². The first-order valence-corrected chi connectivity index (χ1v) is 6.56. The second-order valence-electron chi connectivity index (χ2n) is 3.02. The summed E-state index contributed by atoms with van der Waals surface area (Å²) >= 11 is 0. The zero-order valence-electron chi connectivity index (χ0n) is 9.39. The number of ether oxygens (including phenoxy) is 1. The van der Waals surface area contributed by atoms with Crippen LogP contribution in [0.25, 0.3) is 0 Å². The molecule has 16 heavy (non-hydrogen) atoms. The van der Waals surface area contributed by atoms with Gasteiger partial charge in [0.2, 0.25) is 10.0 Å². The average Bonchev–Trinajstić information content (AvgIpc) is 2.19. The minimum atomic E-state index is -3.65. The fourth-order valence-corrected chi connectivity index (χ4v) is 2.17. The number of carbonyl (C=O) groups is 1. The molecule has 0 saturated carbocycles. The minimum absolute atomic E-state index is 0.0328. The standard InChI is InChI=1S/C9H16N2O4S/c1-3-8(7-10)16(13,14)11-6-5-9(12)15-4-2/h8,11H,3-6H2,1-2H3. The van der Waals surface area contributed by atoms with Gasteiger partial charge in [0.25, 0.3) is 0 Å². The van der Waals surface area contributed by atoms with E-state index >= 15 is 0 Å². The highest BCUT2D eigenvalue weighted by atomic mass is 32.2. The molecule has 1 unspecified atom stereocenters. The summed E-state index contributed by atoms with van der Waals surface area (Å²) in [6.07, 6.45) is 0.181. The monoisotopic (exact) mass is 248 g/mol. The average molecular weight is 248 g/mol. The number of nitrogens with zero attached hydrogens (tertiary/aromatic N) is 1. The van der Waals surface area contributed by atoms with Crippen LogP contribution in [-0.2, 0) is 19.6 Å². The van der Waals surface area contributed by atoms with Crippen LogP contribution >= 0.6 is 0 Å². The van der Waals surface area contributed by atoms with E-state index in [9.17, 15) is 13.2 Å². The number of sulfonamides is 1. The van der Waals surface area contributed by atoms with Crippen LogP contribution in [0.3, 0.4) is 0 Å². The second kappa shape index (κ2) is 7.19. The van der Waals surface area contributed by atoms with E-state index in [2.05, 4.69) is 9.46 Å². The largest absolute Gasteiger partial charge is 0.466 e. The van der Waals surface area contributed by atoms with Gasteiger partial charge >= 0.3 is 5.97 Å². The summed E-state index contributed by atoms with van der Waals surface area (Å²) in [5, 5.41) is 7.52. The highest BCUT2D eigenvalue weighted by Gasteiger charge is 2.22. The molecule has 0 aliphatic heterocycles. The molecule has 6 nitrogen and oxygen atoms in total. The smallest absolute Gasteiger partial charge is 0.307 e. The van der Waals surface area contributed by atoms with Crippen molar-refractivity contribution in [3.8, 4) is 6.07 Å². The Balaban J connectivity index is 4.11. The molecular weight excluding hydrogens is 232 g/mol. The first-order valence-electron chi connectivity index (χ1n) is 5.01. The Morgan fingerprint density at radius 1 is 1.50 bits per heavy atom. The molecule has 0 saturated heterocycles. The second-order valence-corrected chi connectivity index (χ2v) is 4.97. The van der Waals surface area contributed by atoms with E-state index < -0.39 is 21.2 Å². The van der Waals surface area contributed by atoms with E-state index in [1.807, 2.05) is 0 Å². The Bertz CT molecular complexity index is 358. The van der Waals surface area contributed by atoms with Crippen LogP contribution < -0.4 is 4.72 Å². The van der Waals surface area contributed by atoms with Crippen LogP contribution in [0.5, 0.6) is 0 Å². The maximum Gasteiger partial charge on any atom is 0.307 e. The Hall–Kier alpha value is -1.13. The fourth-order valence-electron chi connectivity index (χ4n) is 1.01. The van der Waals surface area contributed by atoms with Gasteiger partial charge in [-0.15, -0.1) is 0 Å². The van der Waals surface area contributed by atoms with Gasteiger partial charge in [0, 0.05) is 6.54 Å².